The predicted molar refractivity (Wildman–Crippen MR) is 46.1 cm³/mol. The summed E-state index contributed by atoms with van der Waals surface area (Å²) in [6, 6.07) is 4.59. The Hall–Kier alpha value is -1.09. The normalized spacial score (nSPS) is 26.4. The van der Waals surface area contributed by atoms with Crippen molar-refractivity contribution in [1.29, 1.82) is 0 Å². The molecule has 3 heteroatoms. The molecule has 1 aliphatic rings. The monoisotopic (exact) mass is 182 g/mol. The number of rotatable bonds is 0. The van der Waals surface area contributed by atoms with Crippen LogP contribution in [-0.4, -0.2) is 11.7 Å². The second-order valence-corrected chi connectivity index (χ2v) is 3.49. The Labute approximate surface area is 76.0 Å². The molecule has 70 valence electrons. The van der Waals surface area contributed by atoms with Crippen LogP contribution in [0.2, 0.25) is 0 Å². The van der Waals surface area contributed by atoms with Crippen LogP contribution in [0.3, 0.4) is 0 Å². The minimum atomic E-state index is -1.10. The summed E-state index contributed by atoms with van der Waals surface area (Å²) < 4.78 is 18.6. The first-order valence-electron chi connectivity index (χ1n) is 4.25. The molecule has 0 spiro atoms. The number of halogens is 1. The van der Waals surface area contributed by atoms with E-state index in [9.17, 15) is 9.50 Å². The van der Waals surface area contributed by atoms with Gasteiger partial charge in [-0.3, -0.25) is 0 Å². The van der Waals surface area contributed by atoms with E-state index in [1.54, 1.807) is 19.1 Å². The van der Waals surface area contributed by atoms with Crippen molar-refractivity contribution < 1.29 is 14.2 Å². The lowest BCUT2D eigenvalue weighted by atomic mass is 9.90. The van der Waals surface area contributed by atoms with Crippen LogP contribution in [0.25, 0.3) is 0 Å². The van der Waals surface area contributed by atoms with Gasteiger partial charge >= 0.3 is 0 Å². The molecular formula is C10H11FO2. The molecule has 0 radical (unpaired) electrons. The van der Waals surface area contributed by atoms with Gasteiger partial charge in [0.05, 0.1) is 17.8 Å². The van der Waals surface area contributed by atoms with Gasteiger partial charge in [0.1, 0.15) is 11.6 Å². The van der Waals surface area contributed by atoms with Crippen molar-refractivity contribution in [3.63, 3.8) is 0 Å². The van der Waals surface area contributed by atoms with Crippen LogP contribution < -0.4 is 4.74 Å². The second-order valence-electron chi connectivity index (χ2n) is 3.49. The van der Waals surface area contributed by atoms with Crippen LogP contribution in [0.4, 0.5) is 4.39 Å². The van der Waals surface area contributed by atoms with E-state index in [1.165, 1.54) is 6.07 Å². The van der Waals surface area contributed by atoms with Gasteiger partial charge in [-0.1, -0.05) is 6.07 Å². The van der Waals surface area contributed by atoms with Gasteiger partial charge in [0.25, 0.3) is 0 Å². The fourth-order valence-electron chi connectivity index (χ4n) is 1.63. The highest BCUT2D eigenvalue weighted by Crippen LogP contribution is 2.37. The van der Waals surface area contributed by atoms with Crippen LogP contribution in [0.1, 0.15) is 18.9 Å². The first-order chi connectivity index (χ1) is 6.11. The van der Waals surface area contributed by atoms with Gasteiger partial charge in [0.2, 0.25) is 0 Å². The quantitative estimate of drug-likeness (QED) is 0.663. The number of hydrogen-bond acceptors (Lipinski definition) is 2. The fraction of sp³-hybridized carbons (Fsp3) is 0.400. The van der Waals surface area contributed by atoms with Crippen LogP contribution in [0, 0.1) is 5.82 Å². The Kier molecular flexibility index (Phi) is 1.77. The van der Waals surface area contributed by atoms with Crippen molar-refractivity contribution in [2.24, 2.45) is 0 Å². The highest BCUT2D eigenvalue weighted by atomic mass is 19.1. The zero-order valence-electron chi connectivity index (χ0n) is 7.38. The average Bonchev–Trinajstić information content (AvgIpc) is 2.02. The predicted octanol–water partition coefficient (Wildman–Crippen LogP) is 1.82. The number of fused-ring (bicyclic) bond motifs is 1. The zero-order valence-corrected chi connectivity index (χ0v) is 7.38. The summed E-state index contributed by atoms with van der Waals surface area (Å²) in [5.41, 5.74) is -0.819. The molecule has 2 rings (SSSR count). The summed E-state index contributed by atoms with van der Waals surface area (Å²) in [6.07, 6.45) is 0.431. The molecule has 1 aromatic rings. The van der Waals surface area contributed by atoms with Gasteiger partial charge in [-0.05, 0) is 19.1 Å². The average molecular weight is 182 g/mol. The molecular weight excluding hydrogens is 171 g/mol. The summed E-state index contributed by atoms with van der Waals surface area (Å²) in [5, 5.41) is 9.89. The number of benzene rings is 1. The molecule has 1 atom stereocenters. The molecule has 0 aromatic heterocycles. The molecule has 1 unspecified atom stereocenters. The van der Waals surface area contributed by atoms with Gasteiger partial charge < -0.3 is 9.84 Å². The molecule has 1 aliphatic heterocycles. The van der Waals surface area contributed by atoms with Gasteiger partial charge in [-0.25, -0.2) is 4.39 Å². The lowest BCUT2D eigenvalue weighted by Crippen LogP contribution is -2.30. The molecule has 0 saturated heterocycles. The summed E-state index contributed by atoms with van der Waals surface area (Å²) in [4.78, 5) is 0. The van der Waals surface area contributed by atoms with E-state index in [2.05, 4.69) is 0 Å². The molecule has 1 heterocycles. The number of ether oxygens (including phenoxy) is 1. The largest absolute Gasteiger partial charge is 0.493 e. The van der Waals surface area contributed by atoms with Crippen molar-refractivity contribution in [3.05, 3.63) is 29.6 Å². The summed E-state index contributed by atoms with van der Waals surface area (Å²) in [5.74, 6) is 0.0541. The third kappa shape index (κ3) is 1.29. The third-order valence-corrected chi connectivity index (χ3v) is 2.36. The van der Waals surface area contributed by atoms with Crippen LogP contribution in [-0.2, 0) is 5.60 Å². The maximum atomic E-state index is 13.3. The zero-order chi connectivity index (χ0) is 9.47. The van der Waals surface area contributed by atoms with Crippen molar-refractivity contribution in [3.8, 4) is 5.75 Å². The Balaban J connectivity index is 2.61. The third-order valence-electron chi connectivity index (χ3n) is 2.36. The minimum Gasteiger partial charge on any atom is -0.493 e. The van der Waals surface area contributed by atoms with E-state index in [0.717, 1.165) is 0 Å². The lowest BCUT2D eigenvalue weighted by molar-refractivity contribution is 0.0110. The van der Waals surface area contributed by atoms with Crippen LogP contribution >= 0.6 is 0 Å². The highest BCUT2D eigenvalue weighted by Gasteiger charge is 2.33. The summed E-state index contributed by atoms with van der Waals surface area (Å²) >= 11 is 0. The highest BCUT2D eigenvalue weighted by molar-refractivity contribution is 5.40. The van der Waals surface area contributed by atoms with Crippen LogP contribution in [0.15, 0.2) is 18.2 Å². The van der Waals surface area contributed by atoms with Gasteiger partial charge in [-0.2, -0.15) is 0 Å². The molecule has 0 fully saturated rings. The first kappa shape index (κ1) is 8.51. The second kappa shape index (κ2) is 2.70. The summed E-state index contributed by atoms with van der Waals surface area (Å²) in [6.45, 7) is 2.04. The maximum absolute atomic E-state index is 13.3. The lowest BCUT2D eigenvalue weighted by Gasteiger charge is -2.31. The van der Waals surface area contributed by atoms with E-state index in [4.69, 9.17) is 4.74 Å². The Morgan fingerprint density at radius 2 is 2.31 bits per heavy atom. The standard InChI is InChI=1S/C10H11FO2/c1-10(12)5-6-13-8-4-2-3-7(11)9(8)10/h2-4,12H,5-6H2,1H3. The molecule has 2 nitrogen and oxygen atoms in total. The van der Waals surface area contributed by atoms with E-state index in [0.29, 0.717) is 18.8 Å². The number of hydrogen-bond donors (Lipinski definition) is 1. The molecule has 0 aliphatic carbocycles. The Morgan fingerprint density at radius 3 is 3.00 bits per heavy atom. The number of aliphatic hydroxyl groups is 1. The van der Waals surface area contributed by atoms with Gasteiger partial charge in [0, 0.05) is 6.42 Å². The first-order valence-corrected chi connectivity index (χ1v) is 4.25. The van der Waals surface area contributed by atoms with Crippen LogP contribution in [0.5, 0.6) is 5.75 Å². The maximum Gasteiger partial charge on any atom is 0.133 e. The van der Waals surface area contributed by atoms with Crippen molar-refractivity contribution >= 4 is 0 Å². The van der Waals surface area contributed by atoms with Crippen molar-refractivity contribution in [1.82, 2.24) is 0 Å². The smallest absolute Gasteiger partial charge is 0.133 e. The molecule has 1 N–H and O–H groups in total. The van der Waals surface area contributed by atoms with E-state index in [-0.39, 0.29) is 5.56 Å². The van der Waals surface area contributed by atoms with E-state index >= 15 is 0 Å². The fourth-order valence-corrected chi connectivity index (χ4v) is 1.63. The molecule has 13 heavy (non-hydrogen) atoms. The minimum absolute atomic E-state index is 0.279. The molecule has 0 amide bonds. The summed E-state index contributed by atoms with van der Waals surface area (Å²) in [7, 11) is 0. The van der Waals surface area contributed by atoms with Gasteiger partial charge in [-0.15, -0.1) is 0 Å². The SMILES string of the molecule is CC1(O)CCOc2cccc(F)c21. The molecule has 0 saturated carbocycles. The van der Waals surface area contributed by atoms with Gasteiger partial charge in [0.15, 0.2) is 0 Å². The van der Waals surface area contributed by atoms with E-state index in [1.807, 2.05) is 0 Å². The Morgan fingerprint density at radius 1 is 1.54 bits per heavy atom. The van der Waals surface area contributed by atoms with Crippen molar-refractivity contribution in [2.45, 2.75) is 18.9 Å². The molecule has 1 aromatic carbocycles. The van der Waals surface area contributed by atoms with E-state index < -0.39 is 11.4 Å². The van der Waals surface area contributed by atoms with Crippen molar-refractivity contribution in [2.75, 3.05) is 6.61 Å². The topological polar surface area (TPSA) is 29.5 Å². The molecule has 0 bridgehead atoms. The Bertz CT molecular complexity index is 334.